The van der Waals surface area contributed by atoms with Gasteiger partial charge in [0.05, 0.1) is 18.3 Å². The van der Waals surface area contributed by atoms with Crippen molar-refractivity contribution in [2.24, 2.45) is 0 Å². The molecule has 1 aliphatic heterocycles. The normalized spacial score (nSPS) is 14.5. The maximum atomic E-state index is 12.4. The van der Waals surface area contributed by atoms with E-state index in [0.29, 0.717) is 31.5 Å². The molecule has 0 radical (unpaired) electrons. The Labute approximate surface area is 172 Å². The summed E-state index contributed by atoms with van der Waals surface area (Å²) in [5, 5.41) is 14.6. The van der Waals surface area contributed by atoms with Gasteiger partial charge in [-0.1, -0.05) is 35.5 Å². The minimum Gasteiger partial charge on any atom is -0.381 e. The molecule has 1 amide bonds. The van der Waals surface area contributed by atoms with Crippen LogP contribution >= 0.6 is 12.4 Å². The first-order valence-electron chi connectivity index (χ1n) is 9.78. The van der Waals surface area contributed by atoms with E-state index in [-0.39, 0.29) is 18.3 Å². The molecule has 154 valence electrons. The standard InChI is InChI=1S/C20H29N5O2.ClH/c1-16-19(23-24-25(16)18-8-12-21-13-9-18)20(26)22-11-5-14-27-15-10-17-6-3-2-4-7-17;/h2-4,6-7,18,21H,5,8-15H2,1H3,(H,22,26);1H. The molecule has 28 heavy (non-hydrogen) atoms. The third-order valence-corrected chi connectivity index (χ3v) is 4.93. The van der Waals surface area contributed by atoms with Crippen molar-refractivity contribution in [3.05, 3.63) is 47.3 Å². The van der Waals surface area contributed by atoms with E-state index >= 15 is 0 Å². The summed E-state index contributed by atoms with van der Waals surface area (Å²) in [6.45, 7) is 5.79. The van der Waals surface area contributed by atoms with Crippen LogP contribution in [0.4, 0.5) is 0 Å². The predicted molar refractivity (Wildman–Crippen MR) is 111 cm³/mol. The van der Waals surface area contributed by atoms with Crippen LogP contribution in [0.1, 0.15) is 47.1 Å². The smallest absolute Gasteiger partial charge is 0.273 e. The van der Waals surface area contributed by atoms with E-state index < -0.39 is 0 Å². The van der Waals surface area contributed by atoms with E-state index in [1.165, 1.54) is 5.56 Å². The number of hydrogen-bond donors (Lipinski definition) is 2. The molecule has 0 spiro atoms. The number of nitrogens with one attached hydrogen (secondary N) is 2. The fourth-order valence-corrected chi connectivity index (χ4v) is 3.35. The van der Waals surface area contributed by atoms with Gasteiger partial charge in [0.1, 0.15) is 0 Å². The second kappa shape index (κ2) is 11.8. The molecule has 1 aromatic heterocycles. The molecule has 1 saturated heterocycles. The third kappa shape index (κ3) is 6.29. The summed E-state index contributed by atoms with van der Waals surface area (Å²) in [7, 11) is 0. The minimum absolute atomic E-state index is 0. The Balaban J connectivity index is 0.00000280. The van der Waals surface area contributed by atoms with E-state index in [1.54, 1.807) is 0 Å². The summed E-state index contributed by atoms with van der Waals surface area (Å²) < 4.78 is 7.55. The number of hydrogen-bond acceptors (Lipinski definition) is 5. The lowest BCUT2D eigenvalue weighted by molar-refractivity contribution is 0.0936. The maximum Gasteiger partial charge on any atom is 0.273 e. The first kappa shape index (κ1) is 22.3. The molecule has 0 bridgehead atoms. The van der Waals surface area contributed by atoms with E-state index in [9.17, 15) is 4.79 Å². The fourth-order valence-electron chi connectivity index (χ4n) is 3.35. The van der Waals surface area contributed by atoms with Crippen LogP contribution in [-0.4, -0.2) is 53.7 Å². The quantitative estimate of drug-likeness (QED) is 0.623. The summed E-state index contributed by atoms with van der Waals surface area (Å²) in [6, 6.07) is 10.6. The van der Waals surface area contributed by atoms with Crippen molar-refractivity contribution >= 4 is 18.3 Å². The zero-order valence-electron chi connectivity index (χ0n) is 16.4. The Morgan fingerprint density at radius 1 is 1.25 bits per heavy atom. The van der Waals surface area contributed by atoms with Crippen LogP contribution in [0.5, 0.6) is 0 Å². The lowest BCUT2D eigenvalue weighted by Gasteiger charge is -2.23. The van der Waals surface area contributed by atoms with Crippen LogP contribution < -0.4 is 10.6 Å². The first-order chi connectivity index (χ1) is 13.3. The van der Waals surface area contributed by atoms with Gasteiger partial charge in [-0.3, -0.25) is 4.79 Å². The van der Waals surface area contributed by atoms with Gasteiger partial charge in [-0.2, -0.15) is 0 Å². The zero-order chi connectivity index (χ0) is 18.9. The number of amides is 1. The molecule has 2 heterocycles. The molecule has 0 unspecified atom stereocenters. The van der Waals surface area contributed by atoms with Crippen molar-refractivity contribution in [1.82, 2.24) is 25.6 Å². The van der Waals surface area contributed by atoms with Gasteiger partial charge in [-0.15, -0.1) is 17.5 Å². The summed E-state index contributed by atoms with van der Waals surface area (Å²) in [5.74, 6) is -0.156. The van der Waals surface area contributed by atoms with Gasteiger partial charge in [0.15, 0.2) is 5.69 Å². The highest BCUT2D eigenvalue weighted by atomic mass is 35.5. The molecule has 0 saturated carbocycles. The zero-order valence-corrected chi connectivity index (χ0v) is 17.2. The van der Waals surface area contributed by atoms with Gasteiger partial charge < -0.3 is 15.4 Å². The lowest BCUT2D eigenvalue weighted by Crippen LogP contribution is -2.30. The lowest BCUT2D eigenvalue weighted by atomic mass is 10.1. The van der Waals surface area contributed by atoms with Crippen molar-refractivity contribution in [3.8, 4) is 0 Å². The summed E-state index contributed by atoms with van der Waals surface area (Å²) in [6.07, 6.45) is 3.73. The molecule has 0 atom stereocenters. The van der Waals surface area contributed by atoms with Crippen LogP contribution in [0.2, 0.25) is 0 Å². The number of rotatable bonds is 9. The number of piperidine rings is 1. The largest absolute Gasteiger partial charge is 0.381 e. The molecule has 0 aliphatic carbocycles. The molecule has 8 heteroatoms. The molecular weight excluding hydrogens is 378 g/mol. The predicted octanol–water partition coefficient (Wildman–Crippen LogP) is 2.31. The fraction of sp³-hybridized carbons (Fsp3) is 0.550. The van der Waals surface area contributed by atoms with Gasteiger partial charge >= 0.3 is 0 Å². The number of nitrogens with zero attached hydrogens (tertiary/aromatic N) is 3. The Hall–Kier alpha value is -1.96. The average molecular weight is 408 g/mol. The van der Waals surface area contributed by atoms with E-state index in [2.05, 4.69) is 33.1 Å². The molecule has 2 aromatic rings. The monoisotopic (exact) mass is 407 g/mol. The van der Waals surface area contributed by atoms with Crippen LogP contribution in [0.15, 0.2) is 30.3 Å². The van der Waals surface area contributed by atoms with E-state index in [0.717, 1.165) is 44.5 Å². The highest BCUT2D eigenvalue weighted by Gasteiger charge is 2.22. The number of benzene rings is 1. The Morgan fingerprint density at radius 2 is 2.00 bits per heavy atom. The molecule has 1 aliphatic rings. The Kier molecular flexibility index (Phi) is 9.40. The molecule has 7 nitrogen and oxygen atoms in total. The number of carbonyl (C=O) groups is 1. The second-order valence-electron chi connectivity index (χ2n) is 6.91. The summed E-state index contributed by atoms with van der Waals surface area (Å²) in [4.78, 5) is 12.4. The molecule has 1 fully saturated rings. The van der Waals surface area contributed by atoms with Gasteiger partial charge in [-0.25, -0.2) is 4.68 Å². The first-order valence-corrected chi connectivity index (χ1v) is 9.78. The molecule has 2 N–H and O–H groups in total. The summed E-state index contributed by atoms with van der Waals surface area (Å²) in [5.41, 5.74) is 2.55. The minimum atomic E-state index is -0.156. The van der Waals surface area contributed by atoms with E-state index in [4.69, 9.17) is 4.74 Å². The molecule has 1 aromatic carbocycles. The van der Waals surface area contributed by atoms with Gasteiger partial charge in [-0.05, 0) is 51.3 Å². The SMILES string of the molecule is Cc1c(C(=O)NCCCOCCc2ccccc2)nnn1C1CCNCC1.Cl. The van der Waals surface area contributed by atoms with Gasteiger partial charge in [0, 0.05) is 13.2 Å². The second-order valence-corrected chi connectivity index (χ2v) is 6.91. The molecule has 3 rings (SSSR count). The average Bonchev–Trinajstić information content (AvgIpc) is 3.10. The highest BCUT2D eigenvalue weighted by Crippen LogP contribution is 2.20. The van der Waals surface area contributed by atoms with Crippen LogP contribution in [-0.2, 0) is 11.2 Å². The van der Waals surface area contributed by atoms with Crippen molar-refractivity contribution in [2.75, 3.05) is 32.8 Å². The van der Waals surface area contributed by atoms with Crippen molar-refractivity contribution in [2.45, 2.75) is 38.6 Å². The number of carbonyl (C=O) groups excluding carboxylic acids is 1. The van der Waals surface area contributed by atoms with Gasteiger partial charge in [0.2, 0.25) is 0 Å². The van der Waals surface area contributed by atoms with Gasteiger partial charge in [0.25, 0.3) is 5.91 Å². The number of ether oxygens (including phenoxy) is 1. The van der Waals surface area contributed by atoms with Crippen molar-refractivity contribution in [1.29, 1.82) is 0 Å². The van der Waals surface area contributed by atoms with Crippen molar-refractivity contribution in [3.63, 3.8) is 0 Å². The maximum absolute atomic E-state index is 12.4. The highest BCUT2D eigenvalue weighted by molar-refractivity contribution is 5.93. The van der Waals surface area contributed by atoms with Crippen molar-refractivity contribution < 1.29 is 9.53 Å². The number of halogens is 1. The number of aromatic nitrogens is 3. The molecular formula is C20H30ClN5O2. The summed E-state index contributed by atoms with van der Waals surface area (Å²) >= 11 is 0. The van der Waals surface area contributed by atoms with Crippen LogP contribution in [0.3, 0.4) is 0 Å². The van der Waals surface area contributed by atoms with Crippen LogP contribution in [0, 0.1) is 6.92 Å². The Bertz CT molecular complexity index is 717. The van der Waals surface area contributed by atoms with Crippen LogP contribution in [0.25, 0.3) is 0 Å². The third-order valence-electron chi connectivity index (χ3n) is 4.93. The topological polar surface area (TPSA) is 81.1 Å². The Morgan fingerprint density at radius 3 is 2.75 bits per heavy atom. The van der Waals surface area contributed by atoms with E-state index in [1.807, 2.05) is 29.8 Å².